The Kier molecular flexibility index (Phi) is 5.31. The average Bonchev–Trinajstić information content (AvgIpc) is 3.06. The number of hydrogen-bond donors (Lipinski definition) is 2. The van der Waals surface area contributed by atoms with Crippen LogP contribution in [0.4, 0.5) is 0 Å². The summed E-state index contributed by atoms with van der Waals surface area (Å²) in [7, 11) is 1.52. The van der Waals surface area contributed by atoms with E-state index in [1.165, 1.54) is 19.6 Å². The number of amides is 2. The van der Waals surface area contributed by atoms with Gasteiger partial charge in [0.1, 0.15) is 11.5 Å². The summed E-state index contributed by atoms with van der Waals surface area (Å²) in [5.41, 5.74) is 2.69. The highest BCUT2D eigenvalue weighted by Gasteiger charge is 2.08. The fraction of sp³-hybridized carbons (Fsp3) is 0.133. The normalized spacial score (nSPS) is 10.4. The summed E-state index contributed by atoms with van der Waals surface area (Å²) < 4.78 is 10.0. The van der Waals surface area contributed by atoms with Crippen molar-refractivity contribution in [1.29, 1.82) is 0 Å². The van der Waals surface area contributed by atoms with E-state index in [1.807, 2.05) is 0 Å². The van der Waals surface area contributed by atoms with Crippen LogP contribution in [0, 0.1) is 0 Å². The van der Waals surface area contributed by atoms with Crippen LogP contribution < -0.4 is 15.5 Å². The van der Waals surface area contributed by atoms with Gasteiger partial charge in [0.05, 0.1) is 26.1 Å². The zero-order valence-electron chi connectivity index (χ0n) is 11.9. The van der Waals surface area contributed by atoms with Gasteiger partial charge in [0.25, 0.3) is 11.8 Å². The Hall–Kier alpha value is -3.09. The number of hydrogen-bond acceptors (Lipinski definition) is 5. The monoisotopic (exact) mass is 301 g/mol. The van der Waals surface area contributed by atoms with Crippen molar-refractivity contribution in [3.8, 4) is 5.75 Å². The van der Waals surface area contributed by atoms with E-state index in [1.54, 1.807) is 36.4 Å². The lowest BCUT2D eigenvalue weighted by Crippen LogP contribution is -2.34. The molecule has 0 saturated carbocycles. The minimum Gasteiger partial charge on any atom is -0.497 e. The number of methoxy groups -OCH3 is 1. The highest BCUT2D eigenvalue weighted by Crippen LogP contribution is 2.12. The number of nitrogens with one attached hydrogen (secondary N) is 2. The largest absolute Gasteiger partial charge is 0.497 e. The number of carbonyl (C=O) groups is 2. The van der Waals surface area contributed by atoms with Gasteiger partial charge in [-0.05, 0) is 30.3 Å². The van der Waals surface area contributed by atoms with Crippen molar-refractivity contribution in [2.45, 2.75) is 0 Å². The molecule has 0 aliphatic rings. The molecule has 2 aromatic rings. The quantitative estimate of drug-likeness (QED) is 0.618. The van der Waals surface area contributed by atoms with Gasteiger partial charge in [-0.15, -0.1) is 0 Å². The predicted molar refractivity (Wildman–Crippen MR) is 79.8 cm³/mol. The van der Waals surface area contributed by atoms with E-state index in [0.29, 0.717) is 17.1 Å². The molecule has 2 amide bonds. The summed E-state index contributed by atoms with van der Waals surface area (Å²) in [5.74, 6) is 0.268. The Morgan fingerprint density at radius 1 is 1.32 bits per heavy atom. The Labute approximate surface area is 127 Å². The number of ether oxygens (including phenoxy) is 1. The Bertz CT molecular complexity index is 665. The lowest BCUT2D eigenvalue weighted by atomic mass is 10.2. The lowest BCUT2D eigenvalue weighted by molar-refractivity contribution is -0.120. The van der Waals surface area contributed by atoms with Crippen molar-refractivity contribution >= 4 is 18.0 Å². The molecule has 22 heavy (non-hydrogen) atoms. The first-order chi connectivity index (χ1) is 10.7. The number of hydrazone groups is 1. The first-order valence-corrected chi connectivity index (χ1v) is 6.46. The van der Waals surface area contributed by atoms with Gasteiger partial charge in [0, 0.05) is 5.56 Å². The highest BCUT2D eigenvalue weighted by molar-refractivity contribution is 5.96. The van der Waals surface area contributed by atoms with Gasteiger partial charge in [-0.1, -0.05) is 6.07 Å². The molecule has 2 rings (SSSR count). The van der Waals surface area contributed by atoms with Crippen molar-refractivity contribution in [1.82, 2.24) is 10.7 Å². The number of nitrogens with zero attached hydrogens (tertiary/aromatic N) is 1. The van der Waals surface area contributed by atoms with E-state index < -0.39 is 5.91 Å². The second-order valence-electron chi connectivity index (χ2n) is 4.22. The topological polar surface area (TPSA) is 92.9 Å². The van der Waals surface area contributed by atoms with Crippen LogP contribution in [0.5, 0.6) is 5.75 Å². The molecular weight excluding hydrogens is 286 g/mol. The van der Waals surface area contributed by atoms with E-state index in [-0.39, 0.29) is 12.5 Å². The molecule has 114 valence electrons. The van der Waals surface area contributed by atoms with Crippen LogP contribution in [0.1, 0.15) is 16.1 Å². The predicted octanol–water partition coefficient (Wildman–Crippen LogP) is 1.17. The van der Waals surface area contributed by atoms with Crippen LogP contribution in [0.25, 0.3) is 0 Å². The van der Waals surface area contributed by atoms with Gasteiger partial charge >= 0.3 is 0 Å². The maximum absolute atomic E-state index is 11.9. The second-order valence-corrected chi connectivity index (χ2v) is 4.22. The van der Waals surface area contributed by atoms with Gasteiger partial charge in [-0.2, -0.15) is 5.10 Å². The summed E-state index contributed by atoms with van der Waals surface area (Å²) in [6, 6.07) is 10.0. The molecule has 2 N–H and O–H groups in total. The van der Waals surface area contributed by atoms with Crippen molar-refractivity contribution in [3.63, 3.8) is 0 Å². The molecule has 7 nitrogen and oxygen atoms in total. The molecule has 0 atom stereocenters. The number of furan rings is 1. The van der Waals surface area contributed by atoms with E-state index >= 15 is 0 Å². The van der Waals surface area contributed by atoms with Crippen molar-refractivity contribution in [2.24, 2.45) is 5.10 Å². The smallest absolute Gasteiger partial charge is 0.259 e. The molecule has 0 radical (unpaired) electrons. The molecular formula is C15H15N3O4. The lowest BCUT2D eigenvalue weighted by Gasteiger charge is -2.05. The molecule has 0 aliphatic heterocycles. The molecule has 0 bridgehead atoms. The van der Waals surface area contributed by atoms with E-state index in [0.717, 1.165) is 0 Å². The third kappa shape index (κ3) is 4.48. The zero-order valence-corrected chi connectivity index (χ0v) is 11.9. The van der Waals surface area contributed by atoms with Crippen LogP contribution in [0.3, 0.4) is 0 Å². The van der Waals surface area contributed by atoms with Crippen molar-refractivity contribution < 1.29 is 18.7 Å². The Morgan fingerprint density at radius 3 is 2.91 bits per heavy atom. The zero-order chi connectivity index (χ0) is 15.8. The van der Waals surface area contributed by atoms with Crippen molar-refractivity contribution in [2.75, 3.05) is 13.7 Å². The number of benzene rings is 1. The van der Waals surface area contributed by atoms with Gasteiger partial charge in [0.15, 0.2) is 0 Å². The van der Waals surface area contributed by atoms with Crippen molar-refractivity contribution in [3.05, 3.63) is 54.0 Å². The van der Waals surface area contributed by atoms with Gasteiger partial charge in [0.2, 0.25) is 0 Å². The summed E-state index contributed by atoms with van der Waals surface area (Å²) in [4.78, 5) is 23.4. The van der Waals surface area contributed by atoms with Crippen LogP contribution in [-0.4, -0.2) is 31.7 Å². The SMILES string of the molecule is COc1cccc(C(=O)NCC(=O)N/N=C\c2ccco2)c1. The molecule has 0 aliphatic carbocycles. The van der Waals surface area contributed by atoms with Crippen LogP contribution in [0.2, 0.25) is 0 Å². The molecule has 7 heteroatoms. The van der Waals surface area contributed by atoms with Crippen LogP contribution in [-0.2, 0) is 4.79 Å². The minimum atomic E-state index is -0.445. The summed E-state index contributed by atoms with van der Waals surface area (Å²) in [6.45, 7) is -0.189. The first-order valence-electron chi connectivity index (χ1n) is 6.46. The summed E-state index contributed by atoms with van der Waals surface area (Å²) in [5, 5.41) is 6.19. The fourth-order valence-corrected chi connectivity index (χ4v) is 1.60. The number of rotatable bonds is 6. The molecule has 0 spiro atoms. The maximum atomic E-state index is 11.9. The average molecular weight is 301 g/mol. The highest BCUT2D eigenvalue weighted by atomic mass is 16.5. The number of carbonyl (C=O) groups excluding carboxylic acids is 2. The van der Waals surface area contributed by atoms with Crippen LogP contribution >= 0.6 is 0 Å². The molecule has 0 unspecified atom stereocenters. The fourth-order valence-electron chi connectivity index (χ4n) is 1.60. The molecule has 1 heterocycles. The van der Waals surface area contributed by atoms with Crippen LogP contribution in [0.15, 0.2) is 52.2 Å². The van der Waals surface area contributed by atoms with Gasteiger partial charge < -0.3 is 14.5 Å². The first kappa shape index (κ1) is 15.3. The molecule has 0 fully saturated rings. The Balaban J connectivity index is 1.79. The standard InChI is InChI=1S/C15H15N3O4/c1-21-12-5-2-4-11(8-12)15(20)16-10-14(19)18-17-9-13-6-3-7-22-13/h2-9H,10H2,1H3,(H,16,20)(H,18,19)/b17-9-. The third-order valence-corrected chi connectivity index (χ3v) is 2.67. The summed E-state index contributed by atoms with van der Waals surface area (Å²) in [6.07, 6.45) is 2.86. The van der Waals surface area contributed by atoms with E-state index in [2.05, 4.69) is 15.8 Å². The Morgan fingerprint density at radius 2 is 2.18 bits per heavy atom. The van der Waals surface area contributed by atoms with Gasteiger partial charge in [-0.25, -0.2) is 5.43 Å². The second kappa shape index (κ2) is 7.63. The van der Waals surface area contributed by atoms with E-state index in [4.69, 9.17) is 9.15 Å². The minimum absolute atomic E-state index is 0.189. The molecule has 1 aromatic carbocycles. The maximum Gasteiger partial charge on any atom is 0.259 e. The van der Waals surface area contributed by atoms with E-state index in [9.17, 15) is 9.59 Å². The third-order valence-electron chi connectivity index (χ3n) is 2.67. The van der Waals surface area contributed by atoms with Gasteiger partial charge in [-0.3, -0.25) is 9.59 Å². The summed E-state index contributed by atoms with van der Waals surface area (Å²) >= 11 is 0. The molecule has 0 saturated heterocycles. The molecule has 1 aromatic heterocycles.